The maximum Gasteiger partial charge on any atom is 0.213 e. The van der Waals surface area contributed by atoms with E-state index in [1.807, 2.05) is 7.05 Å². The normalized spacial score (nSPS) is 25.5. The van der Waals surface area contributed by atoms with Crippen LogP contribution in [0.4, 0.5) is 0 Å². The standard InChI is InChI=1S/C18H36N4O2S/c1-15-7-9-17(10-8-15)14-22(3)18(19-2)20-11-12-25(23,24)21-13-16-5-4-6-16/h15-17,21H,4-14H2,1-3H3,(H,19,20). The molecule has 0 aliphatic heterocycles. The summed E-state index contributed by atoms with van der Waals surface area (Å²) in [6.07, 6.45) is 8.72. The number of aliphatic imine (C=N–C) groups is 1. The SMILES string of the molecule is CN=C(NCCS(=O)(=O)NCC1CCC1)N(C)CC1CCC(C)CC1. The van der Waals surface area contributed by atoms with Crippen LogP contribution < -0.4 is 10.0 Å². The molecule has 0 aromatic rings. The van der Waals surface area contributed by atoms with Gasteiger partial charge >= 0.3 is 0 Å². The molecule has 0 saturated heterocycles. The third-order valence-electron chi connectivity index (χ3n) is 5.71. The Morgan fingerprint density at radius 1 is 1.12 bits per heavy atom. The van der Waals surface area contributed by atoms with Crippen molar-refractivity contribution in [3.63, 3.8) is 0 Å². The van der Waals surface area contributed by atoms with Gasteiger partial charge < -0.3 is 10.2 Å². The molecule has 6 nitrogen and oxygen atoms in total. The summed E-state index contributed by atoms with van der Waals surface area (Å²) in [6, 6.07) is 0. The minimum atomic E-state index is -3.20. The van der Waals surface area contributed by atoms with Gasteiger partial charge in [-0.2, -0.15) is 0 Å². The molecule has 0 amide bonds. The molecular formula is C18H36N4O2S. The summed E-state index contributed by atoms with van der Waals surface area (Å²) in [7, 11) is 0.592. The van der Waals surface area contributed by atoms with Crippen LogP contribution in [-0.2, 0) is 10.0 Å². The highest BCUT2D eigenvalue weighted by molar-refractivity contribution is 7.89. The van der Waals surface area contributed by atoms with Crippen molar-refractivity contribution in [1.82, 2.24) is 14.9 Å². The van der Waals surface area contributed by atoms with E-state index < -0.39 is 10.0 Å². The van der Waals surface area contributed by atoms with E-state index in [1.165, 1.54) is 32.1 Å². The second-order valence-corrected chi connectivity index (χ2v) is 9.87. The number of sulfonamides is 1. The minimum absolute atomic E-state index is 0.0908. The number of rotatable bonds is 8. The zero-order valence-corrected chi connectivity index (χ0v) is 16.9. The Hall–Kier alpha value is -0.820. The average molecular weight is 373 g/mol. The van der Waals surface area contributed by atoms with Crippen molar-refractivity contribution in [1.29, 1.82) is 0 Å². The van der Waals surface area contributed by atoms with Crippen LogP contribution in [0.15, 0.2) is 4.99 Å². The first-order chi connectivity index (χ1) is 11.9. The highest BCUT2D eigenvalue weighted by Gasteiger charge is 2.22. The van der Waals surface area contributed by atoms with E-state index in [1.54, 1.807) is 7.05 Å². The quantitative estimate of drug-likeness (QED) is 0.505. The lowest BCUT2D eigenvalue weighted by atomic mass is 9.83. The molecule has 7 heteroatoms. The summed E-state index contributed by atoms with van der Waals surface area (Å²) >= 11 is 0. The molecule has 0 spiro atoms. The molecule has 0 bridgehead atoms. The average Bonchev–Trinajstić information content (AvgIpc) is 2.52. The van der Waals surface area contributed by atoms with Crippen molar-refractivity contribution in [3.8, 4) is 0 Å². The lowest BCUT2D eigenvalue weighted by Gasteiger charge is -2.31. The molecule has 0 atom stereocenters. The fraction of sp³-hybridized carbons (Fsp3) is 0.944. The van der Waals surface area contributed by atoms with Crippen LogP contribution in [0.5, 0.6) is 0 Å². The Morgan fingerprint density at radius 3 is 2.36 bits per heavy atom. The van der Waals surface area contributed by atoms with Crippen LogP contribution in [0.25, 0.3) is 0 Å². The molecular weight excluding hydrogens is 336 g/mol. The van der Waals surface area contributed by atoms with Crippen molar-refractivity contribution >= 4 is 16.0 Å². The zero-order valence-electron chi connectivity index (χ0n) is 16.1. The molecule has 0 unspecified atom stereocenters. The van der Waals surface area contributed by atoms with E-state index in [-0.39, 0.29) is 5.75 Å². The van der Waals surface area contributed by atoms with E-state index in [0.717, 1.165) is 31.3 Å². The Morgan fingerprint density at radius 2 is 1.80 bits per heavy atom. The van der Waals surface area contributed by atoms with E-state index in [2.05, 4.69) is 26.9 Å². The second kappa shape index (κ2) is 9.76. The predicted molar refractivity (Wildman–Crippen MR) is 104 cm³/mol. The molecule has 2 N–H and O–H groups in total. The fourth-order valence-corrected chi connectivity index (χ4v) is 4.69. The van der Waals surface area contributed by atoms with Gasteiger partial charge in [0.25, 0.3) is 0 Å². The molecule has 2 aliphatic carbocycles. The monoisotopic (exact) mass is 372 g/mol. The first kappa shape index (κ1) is 20.5. The van der Waals surface area contributed by atoms with Gasteiger partial charge in [0.05, 0.1) is 5.75 Å². The van der Waals surface area contributed by atoms with Crippen molar-refractivity contribution in [2.75, 3.05) is 39.5 Å². The number of hydrogen-bond donors (Lipinski definition) is 2. The van der Waals surface area contributed by atoms with Gasteiger partial charge in [-0.15, -0.1) is 0 Å². The van der Waals surface area contributed by atoms with E-state index in [4.69, 9.17) is 0 Å². The maximum atomic E-state index is 12.1. The second-order valence-electron chi connectivity index (χ2n) is 7.94. The Kier molecular flexibility index (Phi) is 8.00. The molecule has 0 aromatic carbocycles. The van der Waals surface area contributed by atoms with Gasteiger partial charge in [0.1, 0.15) is 0 Å². The van der Waals surface area contributed by atoms with Gasteiger partial charge in [0.2, 0.25) is 10.0 Å². The summed E-state index contributed by atoms with van der Waals surface area (Å²) in [5.74, 6) is 2.99. The highest BCUT2D eigenvalue weighted by Crippen LogP contribution is 2.28. The van der Waals surface area contributed by atoms with Crippen LogP contribution in [-0.4, -0.2) is 58.8 Å². The summed E-state index contributed by atoms with van der Waals surface area (Å²) in [4.78, 5) is 6.43. The maximum absolute atomic E-state index is 12.1. The van der Waals surface area contributed by atoms with Gasteiger partial charge in [-0.05, 0) is 43.4 Å². The van der Waals surface area contributed by atoms with Crippen LogP contribution in [0.3, 0.4) is 0 Å². The van der Waals surface area contributed by atoms with Crippen LogP contribution in [0, 0.1) is 17.8 Å². The van der Waals surface area contributed by atoms with Gasteiger partial charge in [-0.1, -0.05) is 26.2 Å². The van der Waals surface area contributed by atoms with E-state index in [9.17, 15) is 8.42 Å². The van der Waals surface area contributed by atoms with Gasteiger partial charge in [-0.3, -0.25) is 4.99 Å². The minimum Gasteiger partial charge on any atom is -0.355 e. The molecule has 0 aromatic heterocycles. The Bertz CT molecular complexity index is 523. The third-order valence-corrected chi connectivity index (χ3v) is 7.06. The van der Waals surface area contributed by atoms with Crippen molar-refractivity contribution in [3.05, 3.63) is 0 Å². The largest absolute Gasteiger partial charge is 0.355 e. The molecule has 2 rings (SSSR count). The number of nitrogens with one attached hydrogen (secondary N) is 2. The van der Waals surface area contributed by atoms with E-state index >= 15 is 0 Å². The number of guanidine groups is 1. The van der Waals surface area contributed by atoms with E-state index in [0.29, 0.717) is 24.9 Å². The van der Waals surface area contributed by atoms with Gasteiger partial charge in [0.15, 0.2) is 5.96 Å². The molecule has 0 radical (unpaired) electrons. The number of hydrogen-bond acceptors (Lipinski definition) is 3. The first-order valence-electron chi connectivity index (χ1n) is 9.78. The predicted octanol–water partition coefficient (Wildman–Crippen LogP) is 2.04. The van der Waals surface area contributed by atoms with Crippen LogP contribution in [0.2, 0.25) is 0 Å². The Balaban J connectivity index is 1.68. The summed E-state index contributed by atoms with van der Waals surface area (Å²) in [6.45, 7) is 4.30. The molecule has 2 saturated carbocycles. The lowest BCUT2D eigenvalue weighted by molar-refractivity contribution is 0.250. The molecule has 2 aliphatic rings. The van der Waals surface area contributed by atoms with Gasteiger partial charge in [0, 0.05) is 33.7 Å². The summed E-state index contributed by atoms with van der Waals surface area (Å²) in [5.41, 5.74) is 0. The fourth-order valence-electron chi connectivity index (χ4n) is 3.68. The molecule has 2 fully saturated rings. The Labute approximate surface area is 153 Å². The van der Waals surface area contributed by atoms with Crippen molar-refractivity contribution in [2.24, 2.45) is 22.7 Å². The third kappa shape index (κ3) is 7.13. The van der Waals surface area contributed by atoms with Crippen LogP contribution >= 0.6 is 0 Å². The lowest BCUT2D eigenvalue weighted by Crippen LogP contribution is -2.44. The smallest absolute Gasteiger partial charge is 0.213 e. The topological polar surface area (TPSA) is 73.8 Å². The number of nitrogens with zero attached hydrogens (tertiary/aromatic N) is 2. The highest BCUT2D eigenvalue weighted by atomic mass is 32.2. The molecule has 0 heterocycles. The summed E-state index contributed by atoms with van der Waals surface area (Å²) < 4.78 is 26.8. The van der Waals surface area contributed by atoms with Gasteiger partial charge in [-0.25, -0.2) is 13.1 Å². The van der Waals surface area contributed by atoms with Crippen LogP contribution in [0.1, 0.15) is 51.9 Å². The summed E-state index contributed by atoms with van der Waals surface area (Å²) in [5, 5.41) is 3.20. The van der Waals surface area contributed by atoms with Crippen molar-refractivity contribution < 1.29 is 8.42 Å². The van der Waals surface area contributed by atoms with Crippen molar-refractivity contribution in [2.45, 2.75) is 51.9 Å². The molecule has 25 heavy (non-hydrogen) atoms. The first-order valence-corrected chi connectivity index (χ1v) is 11.4. The zero-order chi connectivity index (χ0) is 18.3. The molecule has 146 valence electrons.